The number of hydrogen-bond acceptors (Lipinski definition) is 3. The van der Waals surface area contributed by atoms with E-state index in [9.17, 15) is 9.90 Å². The molecule has 1 aromatic carbocycles. The van der Waals surface area contributed by atoms with E-state index < -0.39 is 6.10 Å². The number of amides is 1. The monoisotopic (exact) mass is 296 g/mol. The van der Waals surface area contributed by atoms with Crippen LogP contribution in [0.2, 0.25) is 0 Å². The summed E-state index contributed by atoms with van der Waals surface area (Å²) >= 11 is 0. The van der Waals surface area contributed by atoms with Crippen LogP contribution in [0, 0.1) is 5.92 Å². The van der Waals surface area contributed by atoms with E-state index in [1.54, 1.807) is 12.1 Å². The van der Waals surface area contributed by atoms with E-state index in [1.807, 2.05) is 23.1 Å². The van der Waals surface area contributed by atoms with Crippen molar-refractivity contribution in [2.24, 2.45) is 5.92 Å². The second-order valence-corrected chi connectivity index (χ2v) is 5.50. The number of rotatable bonds is 2. The van der Waals surface area contributed by atoms with Gasteiger partial charge in [0, 0.05) is 19.1 Å². The predicted octanol–water partition coefficient (Wildman–Crippen LogP) is 1.35. The molecule has 3 rings (SSSR count). The second kappa shape index (κ2) is 6.57. The van der Waals surface area contributed by atoms with Gasteiger partial charge in [0.2, 0.25) is 0 Å². The lowest BCUT2D eigenvalue weighted by molar-refractivity contribution is -0.142. The van der Waals surface area contributed by atoms with Crippen molar-refractivity contribution < 1.29 is 9.90 Å². The third kappa shape index (κ3) is 2.97. The number of aliphatic hydroxyl groups is 1. The summed E-state index contributed by atoms with van der Waals surface area (Å²) in [5.41, 5.74) is 0.680. The van der Waals surface area contributed by atoms with E-state index >= 15 is 0 Å². The summed E-state index contributed by atoms with van der Waals surface area (Å²) in [6.07, 6.45) is 1.11. The Hall–Kier alpha value is -1.10. The third-order valence-corrected chi connectivity index (χ3v) is 4.32. The molecule has 0 aliphatic carbocycles. The molecule has 2 saturated heterocycles. The summed E-state index contributed by atoms with van der Waals surface area (Å²) < 4.78 is 0. The third-order valence-electron chi connectivity index (χ3n) is 4.32. The number of nitrogens with one attached hydrogen (secondary N) is 1. The molecule has 20 heavy (non-hydrogen) atoms. The fourth-order valence-corrected chi connectivity index (χ4v) is 3.20. The van der Waals surface area contributed by atoms with E-state index in [-0.39, 0.29) is 18.3 Å². The standard InChI is InChI=1S/C15H20N2O2.ClH/c18-14(11-4-2-1-3-5-11)15(19)17-9-7-13-12(10-17)6-8-16-13;/h1-5,12-14,16,18H,6-10H2;1H. The highest BCUT2D eigenvalue weighted by Gasteiger charge is 2.36. The van der Waals surface area contributed by atoms with Crippen LogP contribution < -0.4 is 5.32 Å². The van der Waals surface area contributed by atoms with Gasteiger partial charge in [-0.1, -0.05) is 30.3 Å². The number of carbonyl (C=O) groups is 1. The van der Waals surface area contributed by atoms with Crippen molar-refractivity contribution in [3.63, 3.8) is 0 Å². The van der Waals surface area contributed by atoms with Gasteiger partial charge >= 0.3 is 0 Å². The Morgan fingerprint density at radius 3 is 2.80 bits per heavy atom. The molecular formula is C15H21ClN2O2. The van der Waals surface area contributed by atoms with E-state index in [0.717, 1.165) is 32.5 Å². The van der Waals surface area contributed by atoms with Gasteiger partial charge in [0.15, 0.2) is 6.10 Å². The number of benzene rings is 1. The molecule has 2 fully saturated rings. The molecule has 4 nitrogen and oxygen atoms in total. The topological polar surface area (TPSA) is 52.6 Å². The molecule has 110 valence electrons. The van der Waals surface area contributed by atoms with Crippen LogP contribution in [-0.4, -0.2) is 41.6 Å². The van der Waals surface area contributed by atoms with Crippen LogP contribution in [0.5, 0.6) is 0 Å². The summed E-state index contributed by atoms with van der Waals surface area (Å²) in [4.78, 5) is 14.2. The molecule has 0 radical (unpaired) electrons. The molecule has 3 unspecified atom stereocenters. The van der Waals surface area contributed by atoms with Gasteiger partial charge in [-0.3, -0.25) is 4.79 Å². The molecule has 1 amide bonds. The van der Waals surface area contributed by atoms with Crippen LogP contribution >= 0.6 is 12.4 Å². The summed E-state index contributed by atoms with van der Waals surface area (Å²) in [7, 11) is 0. The highest BCUT2D eigenvalue weighted by atomic mass is 35.5. The molecule has 2 N–H and O–H groups in total. The van der Waals surface area contributed by atoms with Crippen molar-refractivity contribution in [1.29, 1.82) is 0 Å². The lowest BCUT2D eigenvalue weighted by Gasteiger charge is -2.35. The van der Waals surface area contributed by atoms with Crippen molar-refractivity contribution >= 4 is 18.3 Å². The summed E-state index contributed by atoms with van der Waals surface area (Å²) in [5, 5.41) is 13.7. The maximum atomic E-state index is 12.3. The van der Waals surface area contributed by atoms with Crippen LogP contribution in [0.3, 0.4) is 0 Å². The molecule has 2 heterocycles. The van der Waals surface area contributed by atoms with Gasteiger partial charge in [0.25, 0.3) is 5.91 Å². The van der Waals surface area contributed by atoms with Gasteiger partial charge in [-0.05, 0) is 30.9 Å². The zero-order valence-electron chi connectivity index (χ0n) is 11.4. The van der Waals surface area contributed by atoms with Crippen LogP contribution in [-0.2, 0) is 4.79 Å². The smallest absolute Gasteiger partial charge is 0.256 e. The van der Waals surface area contributed by atoms with E-state index in [2.05, 4.69) is 5.32 Å². The minimum absolute atomic E-state index is 0. The van der Waals surface area contributed by atoms with Crippen molar-refractivity contribution in [3.05, 3.63) is 35.9 Å². The minimum Gasteiger partial charge on any atom is -0.378 e. The molecule has 3 atom stereocenters. The van der Waals surface area contributed by atoms with Gasteiger partial charge < -0.3 is 15.3 Å². The van der Waals surface area contributed by atoms with Crippen LogP contribution in [0.25, 0.3) is 0 Å². The zero-order chi connectivity index (χ0) is 13.2. The van der Waals surface area contributed by atoms with E-state index in [4.69, 9.17) is 0 Å². The summed E-state index contributed by atoms with van der Waals surface area (Å²) in [5.74, 6) is 0.400. The summed E-state index contributed by atoms with van der Waals surface area (Å²) in [6, 6.07) is 9.74. The van der Waals surface area contributed by atoms with Crippen molar-refractivity contribution in [2.75, 3.05) is 19.6 Å². The average molecular weight is 297 g/mol. The zero-order valence-corrected chi connectivity index (χ0v) is 12.2. The fraction of sp³-hybridized carbons (Fsp3) is 0.533. The minimum atomic E-state index is -1.02. The Balaban J connectivity index is 0.00000147. The van der Waals surface area contributed by atoms with E-state index in [1.165, 1.54) is 0 Å². The number of nitrogens with zero attached hydrogens (tertiary/aromatic N) is 1. The Labute approximate surface area is 125 Å². The maximum absolute atomic E-state index is 12.3. The van der Waals surface area contributed by atoms with Crippen LogP contribution in [0.15, 0.2) is 30.3 Å². The van der Waals surface area contributed by atoms with E-state index in [0.29, 0.717) is 17.5 Å². The molecule has 2 aliphatic rings. The van der Waals surface area contributed by atoms with Crippen molar-refractivity contribution in [3.8, 4) is 0 Å². The number of piperidine rings is 1. The first-order chi connectivity index (χ1) is 9.25. The molecular weight excluding hydrogens is 276 g/mol. The number of carbonyl (C=O) groups excluding carboxylic acids is 1. The Kier molecular flexibility index (Phi) is 5.02. The quantitative estimate of drug-likeness (QED) is 0.866. The number of halogens is 1. The Morgan fingerprint density at radius 1 is 1.30 bits per heavy atom. The number of likely N-dealkylation sites (tertiary alicyclic amines) is 1. The fourth-order valence-electron chi connectivity index (χ4n) is 3.20. The number of fused-ring (bicyclic) bond motifs is 1. The average Bonchev–Trinajstić information content (AvgIpc) is 2.94. The second-order valence-electron chi connectivity index (χ2n) is 5.50. The summed E-state index contributed by atoms with van der Waals surface area (Å²) in [6.45, 7) is 2.58. The first-order valence-electron chi connectivity index (χ1n) is 7.01. The SMILES string of the molecule is Cl.O=C(C(O)c1ccccc1)N1CCC2NCCC2C1. The van der Waals surface area contributed by atoms with Gasteiger partial charge in [0.1, 0.15) is 0 Å². The molecule has 0 aromatic heterocycles. The van der Waals surface area contributed by atoms with Gasteiger partial charge in [-0.2, -0.15) is 0 Å². The highest BCUT2D eigenvalue weighted by molar-refractivity contribution is 5.85. The first kappa shape index (κ1) is 15.3. The van der Waals surface area contributed by atoms with Gasteiger partial charge in [-0.25, -0.2) is 0 Å². The first-order valence-corrected chi connectivity index (χ1v) is 7.01. The Bertz CT molecular complexity index is 454. The van der Waals surface area contributed by atoms with Gasteiger partial charge in [0.05, 0.1) is 0 Å². The number of hydrogen-bond donors (Lipinski definition) is 2. The maximum Gasteiger partial charge on any atom is 0.256 e. The van der Waals surface area contributed by atoms with Crippen molar-refractivity contribution in [2.45, 2.75) is 25.0 Å². The largest absolute Gasteiger partial charge is 0.378 e. The van der Waals surface area contributed by atoms with Gasteiger partial charge in [-0.15, -0.1) is 12.4 Å². The lowest BCUT2D eigenvalue weighted by atomic mass is 9.93. The van der Waals surface area contributed by atoms with Crippen LogP contribution in [0.4, 0.5) is 0 Å². The number of aliphatic hydroxyl groups excluding tert-OH is 1. The van der Waals surface area contributed by atoms with Crippen LogP contribution in [0.1, 0.15) is 24.5 Å². The highest BCUT2D eigenvalue weighted by Crippen LogP contribution is 2.26. The normalized spacial score (nSPS) is 26.6. The molecule has 2 aliphatic heterocycles. The van der Waals surface area contributed by atoms with Crippen molar-refractivity contribution in [1.82, 2.24) is 10.2 Å². The Morgan fingerprint density at radius 2 is 2.05 bits per heavy atom. The molecule has 1 aromatic rings. The predicted molar refractivity (Wildman–Crippen MR) is 79.7 cm³/mol. The molecule has 0 bridgehead atoms. The molecule has 5 heteroatoms. The lowest BCUT2D eigenvalue weighted by Crippen LogP contribution is -2.48. The molecule has 0 spiro atoms. The molecule has 0 saturated carbocycles.